The molecule has 0 spiro atoms. The van der Waals surface area contributed by atoms with Crippen LogP contribution in [0.4, 0.5) is 4.79 Å². The second kappa shape index (κ2) is 4.98. The molecule has 12 heavy (non-hydrogen) atoms. The molecule has 0 aliphatic rings. The number of hydrogen-bond acceptors (Lipinski definition) is 2. The fraction of sp³-hybridized carbons (Fsp3) is 0.875. The first-order valence-corrected chi connectivity index (χ1v) is 4.18. The second-order valence-electron chi connectivity index (χ2n) is 3.25. The zero-order valence-electron chi connectivity index (χ0n) is 8.37. The molecular weight excluding hydrogens is 154 g/mol. The lowest BCUT2D eigenvalue weighted by Crippen LogP contribution is -2.45. The zero-order chi connectivity index (χ0) is 9.72. The van der Waals surface area contributed by atoms with E-state index in [9.17, 15) is 4.79 Å². The summed E-state index contributed by atoms with van der Waals surface area (Å²) in [5.74, 6) is 0. The van der Waals surface area contributed by atoms with Crippen molar-refractivity contribution in [2.24, 2.45) is 5.73 Å². The van der Waals surface area contributed by atoms with Gasteiger partial charge in [0.15, 0.2) is 0 Å². The predicted octanol–water partition coefficient (Wildman–Crippen LogP) is 0.337. The average Bonchev–Trinajstić information content (AvgIpc) is 1.98. The van der Waals surface area contributed by atoms with Crippen molar-refractivity contribution in [3.05, 3.63) is 0 Å². The number of amides is 2. The molecule has 0 unspecified atom stereocenters. The highest BCUT2D eigenvalue weighted by atomic mass is 16.2. The highest BCUT2D eigenvalue weighted by molar-refractivity contribution is 5.74. The van der Waals surface area contributed by atoms with Crippen molar-refractivity contribution in [2.45, 2.75) is 19.9 Å². The van der Waals surface area contributed by atoms with E-state index in [0.29, 0.717) is 13.1 Å². The second-order valence-corrected chi connectivity index (χ2v) is 3.25. The van der Waals surface area contributed by atoms with E-state index < -0.39 is 0 Å². The third-order valence-electron chi connectivity index (χ3n) is 1.62. The smallest absolute Gasteiger partial charge is 0.319 e. The molecule has 0 heterocycles. The Balaban J connectivity index is 4.19. The van der Waals surface area contributed by atoms with Crippen LogP contribution in [0.25, 0.3) is 0 Å². The minimum Gasteiger partial charge on any atom is -0.331 e. The summed E-state index contributed by atoms with van der Waals surface area (Å²) in [6.45, 7) is 5.10. The van der Waals surface area contributed by atoms with Gasteiger partial charge in [-0.15, -0.1) is 0 Å². The summed E-state index contributed by atoms with van der Waals surface area (Å²) in [7, 11) is 3.49. The van der Waals surface area contributed by atoms with Crippen LogP contribution in [0.3, 0.4) is 0 Å². The van der Waals surface area contributed by atoms with Gasteiger partial charge in [0, 0.05) is 33.2 Å². The van der Waals surface area contributed by atoms with Crippen LogP contribution >= 0.6 is 0 Å². The van der Waals surface area contributed by atoms with Crippen molar-refractivity contribution in [1.82, 2.24) is 9.80 Å². The Kier molecular flexibility index (Phi) is 4.66. The van der Waals surface area contributed by atoms with E-state index >= 15 is 0 Å². The molecule has 0 rings (SSSR count). The van der Waals surface area contributed by atoms with Gasteiger partial charge < -0.3 is 15.5 Å². The van der Waals surface area contributed by atoms with Crippen LogP contribution in [0.5, 0.6) is 0 Å². The lowest BCUT2D eigenvalue weighted by atomic mass is 10.3. The van der Waals surface area contributed by atoms with Crippen LogP contribution in [0.1, 0.15) is 13.8 Å². The Labute approximate surface area is 74.3 Å². The highest BCUT2D eigenvalue weighted by Gasteiger charge is 2.16. The first-order valence-electron chi connectivity index (χ1n) is 4.18. The number of rotatable bonds is 3. The summed E-state index contributed by atoms with van der Waals surface area (Å²) in [5, 5.41) is 0. The van der Waals surface area contributed by atoms with E-state index in [2.05, 4.69) is 0 Å². The van der Waals surface area contributed by atoms with Crippen molar-refractivity contribution in [1.29, 1.82) is 0 Å². The minimum atomic E-state index is 0.0236. The van der Waals surface area contributed by atoms with E-state index in [4.69, 9.17) is 5.73 Å². The van der Waals surface area contributed by atoms with Gasteiger partial charge in [-0.05, 0) is 13.8 Å². The Morgan fingerprint density at radius 3 is 2.17 bits per heavy atom. The molecule has 2 N–H and O–H groups in total. The van der Waals surface area contributed by atoms with Gasteiger partial charge in [0.25, 0.3) is 0 Å². The maximum absolute atomic E-state index is 11.5. The molecule has 0 aromatic heterocycles. The molecule has 4 nitrogen and oxygen atoms in total. The summed E-state index contributed by atoms with van der Waals surface area (Å²) in [6.07, 6.45) is 0. The van der Waals surface area contributed by atoms with E-state index in [-0.39, 0.29) is 12.1 Å². The van der Waals surface area contributed by atoms with Gasteiger partial charge in [0.2, 0.25) is 0 Å². The molecular formula is C8H19N3O. The predicted molar refractivity (Wildman–Crippen MR) is 50.0 cm³/mol. The first kappa shape index (κ1) is 11.2. The van der Waals surface area contributed by atoms with Crippen molar-refractivity contribution in [3.8, 4) is 0 Å². The van der Waals surface area contributed by atoms with Gasteiger partial charge in [-0.3, -0.25) is 0 Å². The van der Waals surface area contributed by atoms with Crippen molar-refractivity contribution in [3.63, 3.8) is 0 Å². The van der Waals surface area contributed by atoms with E-state index in [1.807, 2.05) is 13.8 Å². The Morgan fingerprint density at radius 1 is 1.42 bits per heavy atom. The SMILES string of the molecule is CC(C)N(CCN)C(=O)N(C)C. The first-order chi connectivity index (χ1) is 5.50. The van der Waals surface area contributed by atoms with Crippen molar-refractivity contribution >= 4 is 6.03 Å². The third-order valence-corrected chi connectivity index (χ3v) is 1.62. The highest BCUT2D eigenvalue weighted by Crippen LogP contribution is 2.00. The molecule has 0 aliphatic heterocycles. The Hall–Kier alpha value is -0.770. The maximum atomic E-state index is 11.5. The molecule has 0 bridgehead atoms. The molecule has 0 aromatic rings. The van der Waals surface area contributed by atoms with E-state index in [1.165, 1.54) is 0 Å². The Bertz CT molecular complexity index is 145. The number of nitrogens with two attached hydrogens (primary N) is 1. The molecule has 72 valence electrons. The summed E-state index contributed by atoms with van der Waals surface area (Å²) in [6, 6.07) is 0.235. The number of carbonyl (C=O) groups is 1. The standard InChI is InChI=1S/C8H19N3O/c1-7(2)11(6-5-9)8(12)10(3)4/h7H,5-6,9H2,1-4H3. The van der Waals surface area contributed by atoms with E-state index in [0.717, 1.165) is 0 Å². The fourth-order valence-electron chi connectivity index (χ4n) is 0.971. The fourth-order valence-corrected chi connectivity index (χ4v) is 0.971. The van der Waals surface area contributed by atoms with Crippen LogP contribution in [-0.4, -0.2) is 49.1 Å². The van der Waals surface area contributed by atoms with E-state index in [1.54, 1.807) is 23.9 Å². The van der Waals surface area contributed by atoms with Gasteiger partial charge in [0.1, 0.15) is 0 Å². The van der Waals surface area contributed by atoms with Crippen LogP contribution < -0.4 is 5.73 Å². The van der Waals surface area contributed by atoms with Crippen LogP contribution in [0.15, 0.2) is 0 Å². The molecule has 0 saturated heterocycles. The monoisotopic (exact) mass is 173 g/mol. The quantitative estimate of drug-likeness (QED) is 0.669. The lowest BCUT2D eigenvalue weighted by Gasteiger charge is -2.29. The molecule has 0 atom stereocenters. The summed E-state index contributed by atoms with van der Waals surface area (Å²) in [4.78, 5) is 14.8. The summed E-state index contributed by atoms with van der Waals surface area (Å²) < 4.78 is 0. The molecule has 0 aromatic carbocycles. The molecule has 2 amide bonds. The maximum Gasteiger partial charge on any atom is 0.319 e. The minimum absolute atomic E-state index is 0.0236. The topological polar surface area (TPSA) is 49.6 Å². The van der Waals surface area contributed by atoms with Gasteiger partial charge >= 0.3 is 6.03 Å². The van der Waals surface area contributed by atoms with Crippen LogP contribution in [0, 0.1) is 0 Å². The normalized spacial score (nSPS) is 10.2. The Morgan fingerprint density at radius 2 is 1.92 bits per heavy atom. The van der Waals surface area contributed by atoms with Gasteiger partial charge in [-0.25, -0.2) is 4.79 Å². The third kappa shape index (κ3) is 3.09. The summed E-state index contributed by atoms with van der Waals surface area (Å²) >= 11 is 0. The van der Waals surface area contributed by atoms with Gasteiger partial charge in [-0.1, -0.05) is 0 Å². The molecule has 0 saturated carbocycles. The van der Waals surface area contributed by atoms with Crippen molar-refractivity contribution < 1.29 is 4.79 Å². The number of urea groups is 1. The molecule has 0 fully saturated rings. The largest absolute Gasteiger partial charge is 0.331 e. The number of hydrogen-bond donors (Lipinski definition) is 1. The number of carbonyl (C=O) groups excluding carboxylic acids is 1. The molecule has 4 heteroatoms. The van der Waals surface area contributed by atoms with Gasteiger partial charge in [0.05, 0.1) is 0 Å². The van der Waals surface area contributed by atoms with Crippen molar-refractivity contribution in [2.75, 3.05) is 27.2 Å². The lowest BCUT2D eigenvalue weighted by molar-refractivity contribution is 0.159. The van der Waals surface area contributed by atoms with Crippen LogP contribution in [-0.2, 0) is 0 Å². The molecule has 0 aliphatic carbocycles. The number of nitrogens with zero attached hydrogens (tertiary/aromatic N) is 2. The zero-order valence-corrected chi connectivity index (χ0v) is 8.37. The van der Waals surface area contributed by atoms with Crippen LogP contribution in [0.2, 0.25) is 0 Å². The van der Waals surface area contributed by atoms with Gasteiger partial charge in [-0.2, -0.15) is 0 Å². The molecule has 0 radical (unpaired) electrons. The summed E-state index contributed by atoms with van der Waals surface area (Å²) in [5.41, 5.74) is 5.39. The average molecular weight is 173 g/mol.